The number of hydrogen-bond acceptors (Lipinski definition) is 5. The van der Waals surface area contributed by atoms with E-state index >= 15 is 0 Å². The first-order valence-electron chi connectivity index (χ1n) is 26.4. The average molecular weight is 909 g/mol. The molecule has 0 rings (SSSR count). The van der Waals surface area contributed by atoms with Crippen LogP contribution in [0.25, 0.3) is 0 Å². The Hall–Kier alpha value is -4.22. The van der Waals surface area contributed by atoms with Crippen LogP contribution in [0.1, 0.15) is 201 Å². The smallest absolute Gasteiger partial charge is 0.306 e. The van der Waals surface area contributed by atoms with Gasteiger partial charge in [0.1, 0.15) is 6.61 Å². The standard InChI is InChI=1S/C61H96O5/c1-4-7-10-13-16-19-22-25-28-30-31-32-34-36-39-42-45-48-51-54-60(62)65-58-59(57-64-56-53-50-47-44-41-38-35-29-26-23-20-17-14-11-8-5-2)66-61(63)55-52-49-46-43-40-37-33-27-24-21-18-15-12-9-6-3/h7-12,16-21,25-29,31-33,38,40-41,43,59H,4-6,13-15,22-24,30,34-37,39,42,44-58H2,1-3H3/b10-7-,11-8-,12-9-,19-16-,20-17-,21-18-,28-25-,29-26-,32-31-,33-27-,41-38-,43-40-. The molecule has 5 heteroatoms. The molecule has 0 amide bonds. The third-order valence-electron chi connectivity index (χ3n) is 10.4. The minimum atomic E-state index is -0.592. The summed E-state index contributed by atoms with van der Waals surface area (Å²) in [5.41, 5.74) is 0. The summed E-state index contributed by atoms with van der Waals surface area (Å²) in [6.45, 7) is 7.33. The van der Waals surface area contributed by atoms with E-state index in [1.807, 2.05) is 0 Å². The van der Waals surface area contributed by atoms with Crippen molar-refractivity contribution in [2.24, 2.45) is 0 Å². The van der Waals surface area contributed by atoms with Crippen LogP contribution in [0.15, 0.2) is 146 Å². The first-order valence-corrected chi connectivity index (χ1v) is 26.4. The first-order chi connectivity index (χ1) is 32.6. The maximum absolute atomic E-state index is 12.8. The summed E-state index contributed by atoms with van der Waals surface area (Å²) >= 11 is 0. The van der Waals surface area contributed by atoms with Gasteiger partial charge in [-0.15, -0.1) is 0 Å². The Morgan fingerprint density at radius 1 is 0.333 bits per heavy atom. The lowest BCUT2D eigenvalue weighted by atomic mass is 10.1. The lowest BCUT2D eigenvalue weighted by Gasteiger charge is -2.18. The van der Waals surface area contributed by atoms with Crippen molar-refractivity contribution < 1.29 is 23.8 Å². The highest BCUT2D eigenvalue weighted by Gasteiger charge is 2.17. The zero-order valence-corrected chi connectivity index (χ0v) is 42.4. The molecule has 0 aromatic carbocycles. The summed E-state index contributed by atoms with van der Waals surface area (Å²) in [4.78, 5) is 25.4. The van der Waals surface area contributed by atoms with E-state index in [9.17, 15) is 9.59 Å². The summed E-state index contributed by atoms with van der Waals surface area (Å²) in [5.74, 6) is -0.492. The van der Waals surface area contributed by atoms with Gasteiger partial charge in [0, 0.05) is 19.4 Å². The number of esters is 2. The van der Waals surface area contributed by atoms with Crippen molar-refractivity contribution in [3.8, 4) is 0 Å². The summed E-state index contributed by atoms with van der Waals surface area (Å²) < 4.78 is 17.3. The van der Waals surface area contributed by atoms with Gasteiger partial charge in [0.2, 0.25) is 0 Å². The van der Waals surface area contributed by atoms with Gasteiger partial charge >= 0.3 is 11.9 Å². The minimum absolute atomic E-state index is 0.0374. The topological polar surface area (TPSA) is 61.8 Å². The Balaban J connectivity index is 4.45. The Labute approximate surface area is 406 Å². The molecule has 0 heterocycles. The molecular weight excluding hydrogens is 813 g/mol. The Morgan fingerprint density at radius 2 is 0.636 bits per heavy atom. The van der Waals surface area contributed by atoms with Crippen molar-refractivity contribution in [1.82, 2.24) is 0 Å². The Bertz CT molecular complexity index is 1450. The number of rotatable bonds is 46. The number of allylic oxidation sites excluding steroid dienone is 24. The minimum Gasteiger partial charge on any atom is -0.462 e. The maximum Gasteiger partial charge on any atom is 0.306 e. The largest absolute Gasteiger partial charge is 0.462 e. The van der Waals surface area contributed by atoms with Crippen LogP contribution in [-0.2, 0) is 23.8 Å². The number of carbonyl (C=O) groups is 2. The van der Waals surface area contributed by atoms with E-state index in [4.69, 9.17) is 14.2 Å². The molecule has 370 valence electrons. The predicted octanol–water partition coefficient (Wildman–Crippen LogP) is 18.1. The Kier molecular flexibility index (Phi) is 51.6. The summed E-state index contributed by atoms with van der Waals surface area (Å²) in [6.07, 6.45) is 80.0. The lowest BCUT2D eigenvalue weighted by molar-refractivity contribution is -0.163. The number of ether oxygens (including phenoxy) is 3. The SMILES string of the molecule is CC/C=C\C/C=C\C/C=C\C/C=C\CCCCCCCCC(=O)OCC(COCCCCC/C=C\C/C=C\C/C=C\C/C=C\CC)OC(=O)CCCC/C=C\C/C=C\C/C=C\C/C=C\CC. The van der Waals surface area contributed by atoms with Crippen LogP contribution in [-0.4, -0.2) is 37.9 Å². The molecule has 1 atom stereocenters. The maximum atomic E-state index is 12.8. The van der Waals surface area contributed by atoms with Crippen molar-refractivity contribution in [2.75, 3.05) is 19.8 Å². The fourth-order valence-electron chi connectivity index (χ4n) is 6.54. The van der Waals surface area contributed by atoms with Gasteiger partial charge in [-0.25, -0.2) is 0 Å². The molecule has 0 spiro atoms. The van der Waals surface area contributed by atoms with Crippen molar-refractivity contribution in [3.63, 3.8) is 0 Å². The molecular formula is C61H96O5. The molecule has 0 bridgehead atoms. The fourth-order valence-corrected chi connectivity index (χ4v) is 6.54. The summed E-state index contributed by atoms with van der Waals surface area (Å²) in [6, 6.07) is 0. The molecule has 0 aliphatic rings. The zero-order chi connectivity index (χ0) is 47.7. The molecule has 1 unspecified atom stereocenters. The van der Waals surface area contributed by atoms with Crippen molar-refractivity contribution in [3.05, 3.63) is 146 Å². The molecule has 0 saturated carbocycles. The van der Waals surface area contributed by atoms with Gasteiger partial charge in [-0.3, -0.25) is 9.59 Å². The molecule has 66 heavy (non-hydrogen) atoms. The van der Waals surface area contributed by atoms with E-state index in [0.29, 0.717) is 19.4 Å². The molecule has 5 nitrogen and oxygen atoms in total. The Morgan fingerprint density at radius 3 is 1.05 bits per heavy atom. The molecule has 0 N–H and O–H groups in total. The van der Waals surface area contributed by atoms with Crippen molar-refractivity contribution >= 4 is 11.9 Å². The molecule has 0 aromatic rings. The van der Waals surface area contributed by atoms with Crippen LogP contribution in [0.2, 0.25) is 0 Å². The molecule has 0 fully saturated rings. The van der Waals surface area contributed by atoms with Gasteiger partial charge in [-0.2, -0.15) is 0 Å². The second-order valence-electron chi connectivity index (χ2n) is 16.6. The van der Waals surface area contributed by atoms with E-state index in [1.54, 1.807) is 0 Å². The van der Waals surface area contributed by atoms with Crippen LogP contribution >= 0.6 is 0 Å². The monoisotopic (exact) mass is 909 g/mol. The van der Waals surface area contributed by atoms with Crippen molar-refractivity contribution in [2.45, 2.75) is 207 Å². The highest BCUT2D eigenvalue weighted by molar-refractivity contribution is 5.70. The van der Waals surface area contributed by atoms with Gasteiger partial charge in [0.05, 0.1) is 6.61 Å². The van der Waals surface area contributed by atoms with Gasteiger partial charge in [0.25, 0.3) is 0 Å². The van der Waals surface area contributed by atoms with Crippen LogP contribution < -0.4 is 0 Å². The highest BCUT2D eigenvalue weighted by Crippen LogP contribution is 2.12. The van der Waals surface area contributed by atoms with Gasteiger partial charge in [-0.05, 0) is 135 Å². The van der Waals surface area contributed by atoms with Crippen LogP contribution in [0.5, 0.6) is 0 Å². The number of carbonyl (C=O) groups excluding carboxylic acids is 2. The van der Waals surface area contributed by atoms with E-state index in [0.717, 1.165) is 148 Å². The normalized spacial score (nSPS) is 13.4. The molecule has 0 aromatic heterocycles. The van der Waals surface area contributed by atoms with E-state index in [1.165, 1.54) is 19.3 Å². The lowest BCUT2D eigenvalue weighted by Crippen LogP contribution is -2.30. The average Bonchev–Trinajstić information content (AvgIpc) is 3.32. The predicted molar refractivity (Wildman–Crippen MR) is 288 cm³/mol. The quantitative estimate of drug-likeness (QED) is 0.0346. The van der Waals surface area contributed by atoms with E-state index in [2.05, 4.69) is 167 Å². The highest BCUT2D eigenvalue weighted by atomic mass is 16.6. The number of hydrogen-bond donors (Lipinski definition) is 0. The van der Waals surface area contributed by atoms with Crippen molar-refractivity contribution in [1.29, 1.82) is 0 Å². The molecule has 0 radical (unpaired) electrons. The first kappa shape index (κ1) is 61.8. The van der Waals surface area contributed by atoms with Crippen LogP contribution in [0.3, 0.4) is 0 Å². The second kappa shape index (κ2) is 55.1. The second-order valence-corrected chi connectivity index (χ2v) is 16.6. The zero-order valence-electron chi connectivity index (χ0n) is 42.4. The number of unbranched alkanes of at least 4 members (excludes halogenated alkanes) is 11. The van der Waals surface area contributed by atoms with E-state index < -0.39 is 6.10 Å². The van der Waals surface area contributed by atoms with Crippen LogP contribution in [0.4, 0.5) is 0 Å². The fraction of sp³-hybridized carbons (Fsp3) is 0.574. The van der Waals surface area contributed by atoms with Gasteiger partial charge in [-0.1, -0.05) is 199 Å². The summed E-state index contributed by atoms with van der Waals surface area (Å²) in [5, 5.41) is 0. The summed E-state index contributed by atoms with van der Waals surface area (Å²) in [7, 11) is 0. The van der Waals surface area contributed by atoms with Crippen LogP contribution in [0, 0.1) is 0 Å². The van der Waals surface area contributed by atoms with Gasteiger partial charge in [0.15, 0.2) is 6.10 Å². The molecule has 0 saturated heterocycles. The van der Waals surface area contributed by atoms with Gasteiger partial charge < -0.3 is 14.2 Å². The third kappa shape index (κ3) is 52.4. The molecule has 0 aliphatic heterocycles. The van der Waals surface area contributed by atoms with E-state index in [-0.39, 0.29) is 25.2 Å². The third-order valence-corrected chi connectivity index (χ3v) is 10.4. The molecule has 0 aliphatic carbocycles.